The molecule has 0 spiro atoms. The quantitative estimate of drug-likeness (QED) is 0.760. The predicted octanol–water partition coefficient (Wildman–Crippen LogP) is 3.12. The fourth-order valence-corrected chi connectivity index (χ4v) is 2.87. The highest BCUT2D eigenvalue weighted by Gasteiger charge is 2.25. The Balaban J connectivity index is 1.62. The highest BCUT2D eigenvalue weighted by molar-refractivity contribution is 5.68. The van der Waals surface area contributed by atoms with Crippen molar-refractivity contribution in [1.82, 2.24) is 4.90 Å². The first kappa shape index (κ1) is 11.6. The summed E-state index contributed by atoms with van der Waals surface area (Å²) in [6.45, 7) is 1.48. The first-order valence-electron chi connectivity index (χ1n) is 6.85. The van der Waals surface area contributed by atoms with Crippen molar-refractivity contribution < 1.29 is 9.53 Å². The molecule has 1 saturated carbocycles. The zero-order valence-electron chi connectivity index (χ0n) is 10.6. The van der Waals surface area contributed by atoms with Gasteiger partial charge in [-0.3, -0.25) is 0 Å². The van der Waals surface area contributed by atoms with Crippen molar-refractivity contribution >= 4 is 6.09 Å². The van der Waals surface area contributed by atoms with E-state index in [0.717, 1.165) is 25.8 Å². The van der Waals surface area contributed by atoms with Crippen LogP contribution in [0.15, 0.2) is 24.3 Å². The second-order valence-electron chi connectivity index (χ2n) is 5.23. The molecular weight excluding hydrogens is 226 g/mol. The molecule has 3 nitrogen and oxygen atoms in total. The molecule has 0 unspecified atom stereocenters. The molecule has 0 aromatic heterocycles. The Kier molecular flexibility index (Phi) is 3.22. The van der Waals surface area contributed by atoms with E-state index in [1.54, 1.807) is 0 Å². The van der Waals surface area contributed by atoms with Gasteiger partial charge in [0, 0.05) is 13.1 Å². The Hall–Kier alpha value is -1.51. The van der Waals surface area contributed by atoms with Crippen LogP contribution in [0.5, 0.6) is 0 Å². The minimum absolute atomic E-state index is 0.128. The van der Waals surface area contributed by atoms with Gasteiger partial charge in [-0.15, -0.1) is 0 Å². The van der Waals surface area contributed by atoms with E-state index in [1.807, 2.05) is 11.0 Å². The average Bonchev–Trinajstić information content (AvgIpc) is 2.91. The van der Waals surface area contributed by atoms with Gasteiger partial charge in [-0.2, -0.15) is 0 Å². The van der Waals surface area contributed by atoms with Crippen LogP contribution in [0.2, 0.25) is 0 Å². The summed E-state index contributed by atoms with van der Waals surface area (Å²) >= 11 is 0. The first-order chi connectivity index (χ1) is 8.83. The molecule has 1 aromatic rings. The molecule has 1 aliphatic heterocycles. The van der Waals surface area contributed by atoms with E-state index in [0.29, 0.717) is 6.54 Å². The number of carbonyl (C=O) groups is 1. The summed E-state index contributed by atoms with van der Waals surface area (Å²) in [5.74, 6) is 0. The van der Waals surface area contributed by atoms with Gasteiger partial charge in [0.2, 0.25) is 0 Å². The van der Waals surface area contributed by atoms with Crippen molar-refractivity contribution in [3.8, 4) is 0 Å². The lowest BCUT2D eigenvalue weighted by Gasteiger charge is -2.29. The monoisotopic (exact) mass is 245 g/mol. The van der Waals surface area contributed by atoms with Crippen LogP contribution in [0.1, 0.15) is 36.8 Å². The van der Waals surface area contributed by atoms with Crippen molar-refractivity contribution in [2.45, 2.75) is 44.8 Å². The molecule has 0 radical (unpaired) electrons. The van der Waals surface area contributed by atoms with Gasteiger partial charge >= 0.3 is 6.09 Å². The predicted molar refractivity (Wildman–Crippen MR) is 69.3 cm³/mol. The van der Waals surface area contributed by atoms with Gasteiger partial charge in [-0.25, -0.2) is 4.79 Å². The number of hydrogen-bond donors (Lipinski definition) is 0. The van der Waals surface area contributed by atoms with Crippen LogP contribution in [0, 0.1) is 0 Å². The van der Waals surface area contributed by atoms with E-state index in [-0.39, 0.29) is 12.2 Å². The molecule has 1 fully saturated rings. The molecule has 1 heterocycles. The van der Waals surface area contributed by atoms with Gasteiger partial charge in [0.1, 0.15) is 6.10 Å². The summed E-state index contributed by atoms with van der Waals surface area (Å²) in [5.41, 5.74) is 2.62. The van der Waals surface area contributed by atoms with Crippen molar-refractivity contribution in [3.63, 3.8) is 0 Å². The molecule has 96 valence electrons. The standard InChI is InChI=1S/C15H19NO2/c17-15(18-14-7-3-4-8-14)16-10-9-12-5-1-2-6-13(12)11-16/h1-2,5-6,14H,3-4,7-11H2. The molecular formula is C15H19NO2. The number of fused-ring (bicyclic) bond motifs is 1. The maximum atomic E-state index is 12.1. The van der Waals surface area contributed by atoms with Gasteiger partial charge in [0.05, 0.1) is 0 Å². The summed E-state index contributed by atoms with van der Waals surface area (Å²) in [4.78, 5) is 13.9. The Morgan fingerprint density at radius 2 is 1.89 bits per heavy atom. The van der Waals surface area contributed by atoms with Crippen molar-refractivity contribution in [2.24, 2.45) is 0 Å². The fraction of sp³-hybridized carbons (Fsp3) is 0.533. The first-order valence-corrected chi connectivity index (χ1v) is 6.85. The number of rotatable bonds is 1. The normalized spacial score (nSPS) is 19.7. The van der Waals surface area contributed by atoms with E-state index >= 15 is 0 Å². The van der Waals surface area contributed by atoms with E-state index < -0.39 is 0 Å². The molecule has 0 saturated heterocycles. The summed E-state index contributed by atoms with van der Waals surface area (Å²) in [5, 5.41) is 0. The average molecular weight is 245 g/mol. The molecule has 1 aliphatic carbocycles. The van der Waals surface area contributed by atoms with Gasteiger partial charge in [-0.1, -0.05) is 24.3 Å². The maximum absolute atomic E-state index is 12.1. The summed E-state index contributed by atoms with van der Waals surface area (Å²) in [7, 11) is 0. The zero-order chi connectivity index (χ0) is 12.4. The van der Waals surface area contributed by atoms with E-state index in [2.05, 4.69) is 18.2 Å². The third-order valence-corrected chi connectivity index (χ3v) is 3.96. The Morgan fingerprint density at radius 1 is 1.17 bits per heavy atom. The topological polar surface area (TPSA) is 29.5 Å². The Bertz CT molecular complexity index is 438. The van der Waals surface area contributed by atoms with Crippen LogP contribution < -0.4 is 0 Å². The van der Waals surface area contributed by atoms with E-state index in [4.69, 9.17) is 4.74 Å². The number of amides is 1. The van der Waals surface area contributed by atoms with Crippen molar-refractivity contribution in [2.75, 3.05) is 6.54 Å². The second kappa shape index (κ2) is 5.01. The molecule has 3 rings (SSSR count). The van der Waals surface area contributed by atoms with Gasteiger partial charge < -0.3 is 9.64 Å². The van der Waals surface area contributed by atoms with Crippen LogP contribution in [-0.4, -0.2) is 23.6 Å². The summed E-state index contributed by atoms with van der Waals surface area (Å²) in [6.07, 6.45) is 5.44. The van der Waals surface area contributed by atoms with Crippen LogP contribution >= 0.6 is 0 Å². The Labute approximate surface area is 108 Å². The SMILES string of the molecule is O=C(OC1CCCC1)N1CCc2ccccc2C1. The molecule has 0 N–H and O–H groups in total. The number of hydrogen-bond acceptors (Lipinski definition) is 2. The largest absolute Gasteiger partial charge is 0.446 e. The molecule has 0 atom stereocenters. The van der Waals surface area contributed by atoms with Crippen LogP contribution in [0.25, 0.3) is 0 Å². The minimum Gasteiger partial charge on any atom is -0.446 e. The van der Waals surface area contributed by atoms with Gasteiger partial charge in [0.25, 0.3) is 0 Å². The van der Waals surface area contributed by atoms with E-state index in [1.165, 1.54) is 24.0 Å². The summed E-state index contributed by atoms with van der Waals surface area (Å²) < 4.78 is 5.55. The van der Waals surface area contributed by atoms with Crippen LogP contribution in [0.3, 0.4) is 0 Å². The highest BCUT2D eigenvalue weighted by atomic mass is 16.6. The van der Waals surface area contributed by atoms with Crippen molar-refractivity contribution in [1.29, 1.82) is 0 Å². The number of benzene rings is 1. The number of carbonyl (C=O) groups excluding carboxylic acids is 1. The second-order valence-corrected chi connectivity index (χ2v) is 5.23. The third kappa shape index (κ3) is 2.35. The lowest BCUT2D eigenvalue weighted by atomic mass is 10.0. The smallest absolute Gasteiger partial charge is 0.410 e. The van der Waals surface area contributed by atoms with Crippen molar-refractivity contribution in [3.05, 3.63) is 35.4 Å². The zero-order valence-corrected chi connectivity index (χ0v) is 10.6. The molecule has 1 aromatic carbocycles. The Morgan fingerprint density at radius 3 is 2.67 bits per heavy atom. The van der Waals surface area contributed by atoms with Crippen LogP contribution in [-0.2, 0) is 17.7 Å². The highest BCUT2D eigenvalue weighted by Crippen LogP contribution is 2.24. The molecule has 1 amide bonds. The fourth-order valence-electron chi connectivity index (χ4n) is 2.87. The lowest BCUT2D eigenvalue weighted by Crippen LogP contribution is -2.37. The maximum Gasteiger partial charge on any atom is 0.410 e. The summed E-state index contributed by atoms with van der Waals surface area (Å²) in [6, 6.07) is 8.34. The number of nitrogens with zero attached hydrogens (tertiary/aromatic N) is 1. The molecule has 3 heteroatoms. The van der Waals surface area contributed by atoms with Gasteiger partial charge in [-0.05, 0) is 43.2 Å². The van der Waals surface area contributed by atoms with Gasteiger partial charge in [0.15, 0.2) is 0 Å². The third-order valence-electron chi connectivity index (χ3n) is 3.96. The number of ether oxygens (including phenoxy) is 1. The molecule has 18 heavy (non-hydrogen) atoms. The van der Waals surface area contributed by atoms with E-state index in [9.17, 15) is 4.79 Å². The molecule has 2 aliphatic rings. The minimum atomic E-state index is -0.128. The lowest BCUT2D eigenvalue weighted by molar-refractivity contribution is 0.0619. The molecule has 0 bridgehead atoms. The van der Waals surface area contributed by atoms with Crippen LogP contribution in [0.4, 0.5) is 4.79 Å².